The Hall–Kier alpha value is -1.71. The molecule has 50 heavy (non-hydrogen) atoms. The van der Waals surface area contributed by atoms with Crippen LogP contribution < -0.4 is 0 Å². The Morgan fingerprint density at radius 1 is 0.920 bits per heavy atom. The van der Waals surface area contributed by atoms with Gasteiger partial charge in [0.1, 0.15) is 18.9 Å². The number of unbranched alkanes of at least 4 members (excludes halogenated alkanes) is 12. The van der Waals surface area contributed by atoms with E-state index < -0.39 is 77.0 Å². The van der Waals surface area contributed by atoms with Gasteiger partial charge in [-0.25, -0.2) is 8.78 Å². The minimum Gasteiger partial charge on any atom is -0.459 e. The van der Waals surface area contributed by atoms with Crippen molar-refractivity contribution in [3.63, 3.8) is 0 Å². The number of ether oxygens (including phenoxy) is 3. The van der Waals surface area contributed by atoms with Crippen molar-refractivity contribution in [2.45, 2.75) is 198 Å². The van der Waals surface area contributed by atoms with Gasteiger partial charge in [-0.15, -0.1) is 0 Å². The first-order chi connectivity index (χ1) is 23.9. The number of esters is 1. The van der Waals surface area contributed by atoms with Crippen molar-refractivity contribution >= 4 is 17.5 Å². The Kier molecular flexibility index (Phi) is 13.1. The molecular weight excluding hydrogens is 642 g/mol. The van der Waals surface area contributed by atoms with E-state index in [2.05, 4.69) is 6.92 Å². The number of rotatable bonds is 19. The zero-order valence-corrected chi connectivity index (χ0v) is 31.3. The first-order valence-electron chi connectivity index (χ1n) is 20.2. The Balaban J connectivity index is 1.29. The zero-order valence-electron chi connectivity index (χ0n) is 31.3. The molecule has 0 aromatic heterocycles. The van der Waals surface area contributed by atoms with Crippen LogP contribution in [0.3, 0.4) is 0 Å². The van der Waals surface area contributed by atoms with Gasteiger partial charge < -0.3 is 19.3 Å². The first kappa shape index (κ1) is 39.5. The molecule has 0 radical (unpaired) electrons. The van der Waals surface area contributed by atoms with E-state index in [1.54, 1.807) is 6.92 Å². The largest absolute Gasteiger partial charge is 0.459 e. The van der Waals surface area contributed by atoms with Crippen molar-refractivity contribution in [2.75, 3.05) is 6.61 Å². The summed E-state index contributed by atoms with van der Waals surface area (Å²) in [4.78, 5) is 39.8. The monoisotopic (exact) mass is 706 g/mol. The van der Waals surface area contributed by atoms with Gasteiger partial charge in [-0.3, -0.25) is 14.4 Å². The maximum absolute atomic E-state index is 18.5. The van der Waals surface area contributed by atoms with Crippen LogP contribution >= 0.6 is 0 Å². The van der Waals surface area contributed by atoms with Crippen LogP contribution in [0, 0.1) is 22.7 Å². The van der Waals surface area contributed by atoms with Crippen LogP contribution in [0.4, 0.5) is 8.78 Å². The average Bonchev–Trinajstić information content (AvgIpc) is 3.57. The molecule has 0 aromatic rings. The van der Waals surface area contributed by atoms with Crippen LogP contribution in [0.25, 0.3) is 0 Å². The van der Waals surface area contributed by atoms with E-state index in [-0.39, 0.29) is 49.9 Å². The van der Waals surface area contributed by atoms with Crippen LogP contribution in [-0.2, 0) is 28.6 Å². The third-order valence-corrected chi connectivity index (χ3v) is 13.6. The summed E-state index contributed by atoms with van der Waals surface area (Å²) in [6, 6.07) is 0. The highest BCUT2D eigenvalue weighted by Gasteiger charge is 2.80. The molecular formula is C41H64F2O7. The highest BCUT2D eigenvalue weighted by atomic mass is 19.1. The van der Waals surface area contributed by atoms with Crippen molar-refractivity contribution in [3.8, 4) is 0 Å². The number of Topliss-reactive ketones (excluding diaryl/α,β-unsaturated/α-hetero) is 1. The first-order valence-corrected chi connectivity index (χ1v) is 20.2. The lowest BCUT2D eigenvalue weighted by atomic mass is 9.43. The SMILES string of the molecule is CCCCCCCCCCCCCCCC(=O)O[C@H]1C[C@@]2(C)[C@@H](C[C@H]3O[C@@H](CCC)O[C@]32C(=O)CO)[C@@H]2C[C@H](F)C3=CC(=O)CC[C@]3(C)[C@@]12F. The van der Waals surface area contributed by atoms with E-state index in [1.807, 2.05) is 13.8 Å². The normalized spacial score (nSPS) is 38.9. The van der Waals surface area contributed by atoms with Gasteiger partial charge in [0.25, 0.3) is 0 Å². The van der Waals surface area contributed by atoms with Crippen molar-refractivity contribution < 1.29 is 42.5 Å². The molecule has 0 spiro atoms. The minimum atomic E-state index is -2.16. The summed E-state index contributed by atoms with van der Waals surface area (Å²) in [6.45, 7) is 7.01. The molecule has 1 saturated heterocycles. The molecule has 4 aliphatic carbocycles. The minimum absolute atomic E-state index is 0.0206. The molecule has 284 valence electrons. The molecule has 1 aliphatic heterocycles. The van der Waals surface area contributed by atoms with Crippen molar-refractivity contribution in [3.05, 3.63) is 11.6 Å². The zero-order chi connectivity index (χ0) is 36.2. The van der Waals surface area contributed by atoms with Crippen molar-refractivity contribution in [1.82, 2.24) is 0 Å². The van der Waals surface area contributed by atoms with Gasteiger partial charge in [-0.05, 0) is 56.1 Å². The lowest BCUT2D eigenvalue weighted by Gasteiger charge is -2.64. The number of hydrogen-bond acceptors (Lipinski definition) is 7. The van der Waals surface area contributed by atoms with Crippen molar-refractivity contribution in [1.29, 1.82) is 0 Å². The third kappa shape index (κ3) is 7.02. The lowest BCUT2D eigenvalue weighted by Crippen LogP contribution is -2.72. The van der Waals surface area contributed by atoms with Crippen LogP contribution in [0.15, 0.2) is 11.6 Å². The summed E-state index contributed by atoms with van der Waals surface area (Å²) >= 11 is 0. The summed E-state index contributed by atoms with van der Waals surface area (Å²) in [5.41, 5.74) is -6.00. The molecule has 5 aliphatic rings. The number of aliphatic hydroxyl groups excluding tert-OH is 1. The average molecular weight is 707 g/mol. The number of carbonyl (C=O) groups excluding carboxylic acids is 3. The number of halogens is 2. The second-order valence-corrected chi connectivity index (χ2v) is 16.7. The summed E-state index contributed by atoms with van der Waals surface area (Å²) in [6.07, 6.45) is 14.1. The van der Waals surface area contributed by atoms with Crippen LogP contribution in [0.2, 0.25) is 0 Å². The fourth-order valence-electron chi connectivity index (χ4n) is 11.0. The Bertz CT molecular complexity index is 1240. The molecule has 0 aromatic carbocycles. The van der Waals surface area contributed by atoms with E-state index >= 15 is 8.78 Å². The summed E-state index contributed by atoms with van der Waals surface area (Å²) in [5, 5.41) is 10.2. The second kappa shape index (κ2) is 16.5. The molecule has 10 atom stereocenters. The summed E-state index contributed by atoms with van der Waals surface area (Å²) in [7, 11) is 0. The summed E-state index contributed by atoms with van der Waals surface area (Å²) in [5.74, 6) is -2.68. The third-order valence-electron chi connectivity index (χ3n) is 13.6. The predicted molar refractivity (Wildman–Crippen MR) is 188 cm³/mol. The maximum atomic E-state index is 18.5. The van der Waals surface area contributed by atoms with E-state index in [0.29, 0.717) is 12.8 Å². The van der Waals surface area contributed by atoms with E-state index in [4.69, 9.17) is 14.2 Å². The molecule has 0 bridgehead atoms. The molecule has 7 nitrogen and oxygen atoms in total. The number of fused-ring (bicyclic) bond motifs is 7. The number of allylic oxidation sites excluding steroid dienone is 1. The Morgan fingerprint density at radius 3 is 2.14 bits per heavy atom. The van der Waals surface area contributed by atoms with Gasteiger partial charge in [0, 0.05) is 29.6 Å². The van der Waals surface area contributed by atoms with Crippen LogP contribution in [0.5, 0.6) is 0 Å². The fourth-order valence-corrected chi connectivity index (χ4v) is 11.0. The number of carbonyl (C=O) groups is 3. The van der Waals surface area contributed by atoms with Crippen LogP contribution in [-0.4, -0.2) is 65.2 Å². The summed E-state index contributed by atoms with van der Waals surface area (Å²) < 4.78 is 53.7. The molecule has 3 saturated carbocycles. The predicted octanol–water partition coefficient (Wildman–Crippen LogP) is 9.01. The van der Waals surface area contributed by atoms with Gasteiger partial charge in [0.15, 0.2) is 29.1 Å². The maximum Gasteiger partial charge on any atom is 0.306 e. The molecule has 0 unspecified atom stereocenters. The molecule has 9 heteroatoms. The second-order valence-electron chi connectivity index (χ2n) is 16.7. The Labute approximate surface area is 299 Å². The smallest absolute Gasteiger partial charge is 0.306 e. The number of ketones is 2. The molecule has 5 rings (SSSR count). The van der Waals surface area contributed by atoms with Crippen LogP contribution in [0.1, 0.15) is 163 Å². The molecule has 1 N–H and O–H groups in total. The topological polar surface area (TPSA) is 99.1 Å². The van der Waals surface area contributed by atoms with Gasteiger partial charge >= 0.3 is 5.97 Å². The number of alkyl halides is 2. The van der Waals surface area contributed by atoms with Crippen molar-refractivity contribution in [2.24, 2.45) is 22.7 Å². The lowest BCUT2D eigenvalue weighted by molar-refractivity contribution is -0.249. The number of hydrogen-bond donors (Lipinski definition) is 1. The van der Waals surface area contributed by atoms with Gasteiger partial charge in [-0.2, -0.15) is 0 Å². The standard InChI is InChI=1S/C41H64F2O7/c1-5-7-8-9-10-11-12-13-14-15-16-17-18-20-36(47)48-35-26-39(4)29(25-34-41(39,33(46)27-44)50-37(49-34)19-6-2)30-24-32(42)31-23-28(45)21-22-38(31,3)40(30,35)43/h23,29-30,32,34-35,37,44H,5-22,24-27H2,1-4H3/t29-,30-,32-,34+,35-,37+,38-,39-,40-,41+/m0/s1. The Morgan fingerprint density at radius 2 is 1.54 bits per heavy atom. The van der Waals surface area contributed by atoms with E-state index in [1.165, 1.54) is 63.9 Å². The molecule has 1 heterocycles. The number of aliphatic hydroxyl groups is 1. The molecule has 4 fully saturated rings. The fraction of sp³-hybridized carbons (Fsp3) is 0.878. The van der Waals surface area contributed by atoms with Gasteiger partial charge in [0.2, 0.25) is 0 Å². The highest BCUT2D eigenvalue weighted by molar-refractivity contribution is 5.92. The highest BCUT2D eigenvalue weighted by Crippen LogP contribution is 2.73. The van der Waals surface area contributed by atoms with E-state index in [9.17, 15) is 19.5 Å². The van der Waals surface area contributed by atoms with Gasteiger partial charge in [-0.1, -0.05) is 111 Å². The van der Waals surface area contributed by atoms with Gasteiger partial charge in [0.05, 0.1) is 6.10 Å². The quantitative estimate of drug-likeness (QED) is 0.106. The molecule has 0 amide bonds. The van der Waals surface area contributed by atoms with E-state index in [0.717, 1.165) is 25.7 Å².